The molecule has 8 unspecified atom stereocenters. The van der Waals surface area contributed by atoms with Crippen molar-refractivity contribution >= 4 is 11.9 Å². The topological polar surface area (TPSA) is 71.1 Å². The molecule has 0 amide bonds. The second kappa shape index (κ2) is 9.72. The number of ether oxygens (including phenoxy) is 4. The molecule has 34 heavy (non-hydrogen) atoms. The second-order valence-electron chi connectivity index (χ2n) is 13.0. The highest BCUT2D eigenvalue weighted by molar-refractivity contribution is 5.78. The number of fused-ring (bicyclic) bond motifs is 1. The molecule has 194 valence electrons. The van der Waals surface area contributed by atoms with E-state index in [0.717, 1.165) is 38.5 Å². The predicted octanol–water partition coefficient (Wildman–Crippen LogP) is 5.37. The predicted molar refractivity (Wildman–Crippen MR) is 129 cm³/mol. The third kappa shape index (κ3) is 4.54. The Morgan fingerprint density at radius 3 is 2.26 bits per heavy atom. The summed E-state index contributed by atoms with van der Waals surface area (Å²) in [5, 5.41) is 0. The smallest absolute Gasteiger partial charge is 0.312 e. The number of esters is 2. The molecule has 3 saturated carbocycles. The van der Waals surface area contributed by atoms with Crippen LogP contribution in [0.4, 0.5) is 0 Å². The fourth-order valence-electron chi connectivity index (χ4n) is 7.30. The van der Waals surface area contributed by atoms with E-state index in [9.17, 15) is 9.59 Å². The first-order chi connectivity index (χ1) is 16.0. The summed E-state index contributed by atoms with van der Waals surface area (Å²) >= 11 is 0. The van der Waals surface area contributed by atoms with E-state index in [2.05, 4.69) is 34.6 Å². The summed E-state index contributed by atoms with van der Waals surface area (Å²) in [7, 11) is 1.63. The van der Waals surface area contributed by atoms with Crippen LogP contribution in [0.1, 0.15) is 86.5 Å². The summed E-state index contributed by atoms with van der Waals surface area (Å²) in [5.74, 6) is 0.388. The van der Waals surface area contributed by atoms with Gasteiger partial charge >= 0.3 is 11.9 Å². The van der Waals surface area contributed by atoms with Gasteiger partial charge in [0, 0.05) is 24.9 Å². The van der Waals surface area contributed by atoms with Gasteiger partial charge in [0.15, 0.2) is 0 Å². The van der Waals surface area contributed by atoms with Gasteiger partial charge in [-0.3, -0.25) is 9.59 Å². The lowest BCUT2D eigenvalue weighted by Gasteiger charge is -2.42. The monoisotopic (exact) mass is 478 g/mol. The largest absolute Gasteiger partial charge is 0.459 e. The van der Waals surface area contributed by atoms with Crippen molar-refractivity contribution in [3.8, 4) is 0 Å². The van der Waals surface area contributed by atoms with E-state index in [4.69, 9.17) is 18.9 Å². The minimum Gasteiger partial charge on any atom is -0.459 e. The van der Waals surface area contributed by atoms with E-state index < -0.39 is 11.7 Å². The van der Waals surface area contributed by atoms with Gasteiger partial charge in [0.05, 0.1) is 24.0 Å². The van der Waals surface area contributed by atoms with Crippen LogP contribution < -0.4 is 0 Å². The molecule has 1 saturated heterocycles. The average molecular weight is 479 g/mol. The van der Waals surface area contributed by atoms with Gasteiger partial charge in [-0.15, -0.1) is 0 Å². The zero-order chi connectivity index (χ0) is 24.8. The molecule has 1 aliphatic heterocycles. The maximum absolute atomic E-state index is 13.6. The van der Waals surface area contributed by atoms with Gasteiger partial charge in [-0.25, -0.2) is 0 Å². The lowest BCUT2D eigenvalue weighted by Crippen LogP contribution is -2.49. The lowest BCUT2D eigenvalue weighted by atomic mass is 9.64. The van der Waals surface area contributed by atoms with Crippen LogP contribution in [0.15, 0.2) is 0 Å². The van der Waals surface area contributed by atoms with Crippen LogP contribution in [0.3, 0.4) is 0 Å². The molecule has 4 rings (SSSR count). The third-order valence-corrected chi connectivity index (χ3v) is 9.60. The van der Waals surface area contributed by atoms with Crippen LogP contribution in [0, 0.1) is 46.3 Å². The van der Waals surface area contributed by atoms with Gasteiger partial charge in [-0.1, -0.05) is 53.9 Å². The zero-order valence-corrected chi connectivity index (χ0v) is 22.3. The fourth-order valence-corrected chi connectivity index (χ4v) is 7.30. The molecule has 0 radical (unpaired) electrons. The van der Waals surface area contributed by atoms with Crippen molar-refractivity contribution < 1.29 is 28.5 Å². The molecule has 0 N–H and O–H groups in total. The van der Waals surface area contributed by atoms with Gasteiger partial charge in [-0.05, 0) is 49.9 Å². The molecule has 1 heterocycles. The summed E-state index contributed by atoms with van der Waals surface area (Å²) in [5.41, 5.74) is -0.853. The minimum absolute atomic E-state index is 0.0360. The van der Waals surface area contributed by atoms with Crippen molar-refractivity contribution in [2.75, 3.05) is 13.7 Å². The Balaban J connectivity index is 1.48. The van der Waals surface area contributed by atoms with Gasteiger partial charge in [0.25, 0.3) is 0 Å². The zero-order valence-electron chi connectivity index (χ0n) is 22.3. The summed E-state index contributed by atoms with van der Waals surface area (Å²) in [6, 6.07) is 0. The number of carbonyl (C=O) groups is 2. The fraction of sp³-hybridized carbons (Fsp3) is 0.929. The normalized spacial score (nSPS) is 35.9. The maximum Gasteiger partial charge on any atom is 0.312 e. The molecule has 8 atom stereocenters. The number of hydrogen-bond donors (Lipinski definition) is 0. The number of rotatable bonds is 8. The van der Waals surface area contributed by atoms with E-state index in [1.807, 2.05) is 6.92 Å². The average Bonchev–Trinajstić information content (AvgIpc) is 3.40. The molecule has 3 aliphatic carbocycles. The van der Waals surface area contributed by atoms with Gasteiger partial charge in [-0.2, -0.15) is 0 Å². The van der Waals surface area contributed by atoms with E-state index in [-0.39, 0.29) is 59.2 Å². The quantitative estimate of drug-likeness (QED) is 0.345. The van der Waals surface area contributed by atoms with Crippen LogP contribution in [-0.2, 0) is 28.5 Å². The van der Waals surface area contributed by atoms with Crippen molar-refractivity contribution in [1.29, 1.82) is 0 Å². The molecular weight excluding hydrogens is 432 g/mol. The van der Waals surface area contributed by atoms with Crippen molar-refractivity contribution in [2.45, 2.75) is 105 Å². The first-order valence-electron chi connectivity index (χ1n) is 13.5. The van der Waals surface area contributed by atoms with Crippen LogP contribution in [0.5, 0.6) is 0 Å². The van der Waals surface area contributed by atoms with Gasteiger partial charge in [0.2, 0.25) is 6.29 Å². The molecular formula is C28H46O6. The van der Waals surface area contributed by atoms with Gasteiger partial charge in [0.1, 0.15) is 6.10 Å². The van der Waals surface area contributed by atoms with E-state index in [1.54, 1.807) is 7.11 Å². The molecule has 2 bridgehead atoms. The minimum atomic E-state index is -0.612. The molecule has 0 spiro atoms. The highest BCUT2D eigenvalue weighted by Gasteiger charge is 2.66. The summed E-state index contributed by atoms with van der Waals surface area (Å²) in [6.07, 6.45) is 6.31. The van der Waals surface area contributed by atoms with Crippen molar-refractivity contribution in [3.05, 3.63) is 0 Å². The Bertz CT molecular complexity index is 750. The van der Waals surface area contributed by atoms with Crippen LogP contribution in [0.25, 0.3) is 0 Å². The SMILES string of the molecule is COC(OC(=O)C1C2COC3C2CC1C3OC(=O)C(C)(CC(C)C)C(C)(C)C)C1CCCCC1. The van der Waals surface area contributed by atoms with Crippen molar-refractivity contribution in [1.82, 2.24) is 0 Å². The van der Waals surface area contributed by atoms with E-state index >= 15 is 0 Å². The Morgan fingerprint density at radius 2 is 1.68 bits per heavy atom. The second-order valence-corrected chi connectivity index (χ2v) is 13.0. The van der Waals surface area contributed by atoms with Crippen LogP contribution in [0.2, 0.25) is 0 Å². The highest BCUT2D eigenvalue weighted by Crippen LogP contribution is 2.59. The van der Waals surface area contributed by atoms with Crippen molar-refractivity contribution in [3.63, 3.8) is 0 Å². The number of carbonyl (C=O) groups excluding carboxylic acids is 2. The molecule has 0 aromatic carbocycles. The summed E-state index contributed by atoms with van der Waals surface area (Å²) in [6.45, 7) is 13.2. The molecule has 0 aromatic heterocycles. The summed E-state index contributed by atoms with van der Waals surface area (Å²) in [4.78, 5) is 27.1. The summed E-state index contributed by atoms with van der Waals surface area (Å²) < 4.78 is 24.1. The lowest BCUT2D eigenvalue weighted by molar-refractivity contribution is -0.199. The standard InChI is InChI=1S/C28H46O6/c1-16(2)14-28(6,27(3,4)5)26(30)33-23-19-13-18-20(15-32-22(18)23)21(19)24(29)34-25(31-7)17-11-9-8-10-12-17/h16-23,25H,8-15H2,1-7H3. The van der Waals surface area contributed by atoms with Crippen LogP contribution >= 0.6 is 0 Å². The highest BCUT2D eigenvalue weighted by atomic mass is 16.7. The molecule has 0 aromatic rings. The molecule has 4 fully saturated rings. The van der Waals surface area contributed by atoms with Gasteiger partial charge < -0.3 is 18.9 Å². The molecule has 6 nitrogen and oxygen atoms in total. The Hall–Kier alpha value is -1.14. The third-order valence-electron chi connectivity index (χ3n) is 9.60. The maximum atomic E-state index is 13.6. The van der Waals surface area contributed by atoms with Crippen molar-refractivity contribution in [2.24, 2.45) is 46.3 Å². The first kappa shape index (κ1) is 25.9. The first-order valence-corrected chi connectivity index (χ1v) is 13.5. The Kier molecular flexibility index (Phi) is 7.42. The Morgan fingerprint density at radius 1 is 1.00 bits per heavy atom. The molecule has 6 heteroatoms. The number of methoxy groups -OCH3 is 1. The Labute approximate surface area is 205 Å². The van der Waals surface area contributed by atoms with E-state index in [1.165, 1.54) is 6.42 Å². The van der Waals surface area contributed by atoms with E-state index in [0.29, 0.717) is 12.5 Å². The van der Waals surface area contributed by atoms with Crippen LogP contribution in [-0.4, -0.2) is 44.2 Å². The number of hydrogen-bond acceptors (Lipinski definition) is 6. The molecule has 4 aliphatic rings.